The van der Waals surface area contributed by atoms with Crippen LogP contribution in [-0.4, -0.2) is 6.54 Å². The molecule has 2 aromatic heterocycles. The fraction of sp³-hybridized carbons (Fsp3) is 0.107. The van der Waals surface area contributed by atoms with Crippen LogP contribution in [0.1, 0.15) is 11.3 Å². The zero-order chi connectivity index (χ0) is 22.2. The number of aromatic nitrogens is 1. The maximum atomic E-state index is 6.00. The second-order valence-corrected chi connectivity index (χ2v) is 9.55. The number of pyridine rings is 1. The number of hydrogen-bond donors (Lipinski definition) is 1. The molecule has 0 unspecified atom stereocenters. The molecule has 0 saturated carbocycles. The molecule has 2 N–H and O–H groups in total. The second kappa shape index (κ2) is 10.9. The number of oxazole rings is 1. The molecule has 0 atom stereocenters. The van der Waals surface area contributed by atoms with Crippen LogP contribution in [0.3, 0.4) is 0 Å². The highest BCUT2D eigenvalue weighted by molar-refractivity contribution is 7.79. The first-order chi connectivity index (χ1) is 15.8. The molecule has 0 aliphatic carbocycles. The van der Waals surface area contributed by atoms with Crippen LogP contribution >= 0.6 is 7.92 Å². The summed E-state index contributed by atoms with van der Waals surface area (Å²) >= 11 is 0. The number of hydrogen-bond acceptors (Lipinski definition) is 2. The zero-order valence-electron chi connectivity index (χ0n) is 18.3. The number of benzene rings is 3. The van der Waals surface area contributed by atoms with Gasteiger partial charge in [-0.1, -0.05) is 91.0 Å². The average molecular weight is 440 g/mol. The molecule has 0 fully saturated rings. The SMILES string of the molecule is Cc1oc2cccc[n+]2c1P(c1ccccc1)c1ccccc1.NCCc1ccccc1. The van der Waals surface area contributed by atoms with Gasteiger partial charge in [-0.3, -0.25) is 0 Å². The molecule has 5 rings (SSSR count). The predicted molar refractivity (Wildman–Crippen MR) is 135 cm³/mol. The van der Waals surface area contributed by atoms with Crippen molar-refractivity contribution in [3.05, 3.63) is 127 Å². The molecule has 0 aliphatic rings. The van der Waals surface area contributed by atoms with Gasteiger partial charge >= 0.3 is 5.71 Å². The summed E-state index contributed by atoms with van der Waals surface area (Å²) in [7, 11) is -0.660. The van der Waals surface area contributed by atoms with Crippen molar-refractivity contribution in [1.29, 1.82) is 0 Å². The average Bonchev–Trinajstić information content (AvgIpc) is 3.18. The third kappa shape index (κ3) is 5.13. The van der Waals surface area contributed by atoms with Gasteiger partial charge in [-0.05, 0) is 35.2 Å². The fourth-order valence-electron chi connectivity index (χ4n) is 3.68. The Kier molecular flexibility index (Phi) is 7.45. The summed E-state index contributed by atoms with van der Waals surface area (Å²) < 4.78 is 8.18. The van der Waals surface area contributed by atoms with E-state index >= 15 is 0 Å². The second-order valence-electron chi connectivity index (χ2n) is 7.42. The fourth-order valence-corrected chi connectivity index (χ4v) is 6.15. The Hall–Kier alpha value is -3.26. The molecule has 0 bridgehead atoms. The molecule has 160 valence electrons. The number of aryl methyl sites for hydroxylation is 1. The summed E-state index contributed by atoms with van der Waals surface area (Å²) in [6.07, 6.45) is 3.07. The van der Waals surface area contributed by atoms with E-state index in [1.807, 2.05) is 30.3 Å². The molecular weight excluding hydrogens is 411 g/mol. The zero-order valence-corrected chi connectivity index (χ0v) is 19.2. The molecule has 0 spiro atoms. The van der Waals surface area contributed by atoms with Crippen LogP contribution in [0.15, 0.2) is 120 Å². The summed E-state index contributed by atoms with van der Waals surface area (Å²) in [5.41, 5.74) is 8.81. The number of rotatable bonds is 5. The Balaban J connectivity index is 0.000000230. The summed E-state index contributed by atoms with van der Waals surface area (Å²) in [6, 6.07) is 37.7. The third-order valence-electron chi connectivity index (χ3n) is 5.14. The molecule has 3 aromatic carbocycles. The van der Waals surface area contributed by atoms with E-state index in [1.54, 1.807) is 0 Å². The highest BCUT2D eigenvalue weighted by Crippen LogP contribution is 2.33. The van der Waals surface area contributed by atoms with E-state index in [1.165, 1.54) is 21.6 Å². The van der Waals surface area contributed by atoms with Crippen LogP contribution in [0.5, 0.6) is 0 Å². The van der Waals surface area contributed by atoms with Gasteiger partial charge in [0.2, 0.25) is 0 Å². The predicted octanol–water partition coefficient (Wildman–Crippen LogP) is 4.27. The molecule has 0 amide bonds. The first-order valence-corrected chi connectivity index (χ1v) is 12.2. The quantitative estimate of drug-likeness (QED) is 0.328. The van der Waals surface area contributed by atoms with Crippen molar-refractivity contribution in [2.75, 3.05) is 6.54 Å². The highest BCUT2D eigenvalue weighted by Gasteiger charge is 2.30. The largest absolute Gasteiger partial charge is 0.402 e. The van der Waals surface area contributed by atoms with Crippen LogP contribution in [-0.2, 0) is 6.42 Å². The monoisotopic (exact) mass is 439 g/mol. The van der Waals surface area contributed by atoms with E-state index in [0.29, 0.717) is 0 Å². The molecule has 32 heavy (non-hydrogen) atoms. The Morgan fingerprint density at radius 2 is 1.25 bits per heavy atom. The van der Waals surface area contributed by atoms with E-state index in [0.717, 1.165) is 24.4 Å². The van der Waals surface area contributed by atoms with Crippen molar-refractivity contribution in [2.45, 2.75) is 13.3 Å². The summed E-state index contributed by atoms with van der Waals surface area (Å²) in [6.45, 7) is 2.80. The number of fused-ring (bicyclic) bond motifs is 1. The summed E-state index contributed by atoms with van der Waals surface area (Å²) in [5.74, 6) is 0.981. The van der Waals surface area contributed by atoms with Gasteiger partial charge in [0.05, 0.1) is 14.0 Å². The maximum Gasteiger partial charge on any atom is 0.379 e. The molecule has 5 aromatic rings. The molecule has 0 radical (unpaired) electrons. The van der Waals surface area contributed by atoms with Crippen molar-refractivity contribution in [2.24, 2.45) is 5.73 Å². The Morgan fingerprint density at radius 3 is 1.81 bits per heavy atom. The van der Waals surface area contributed by atoms with E-state index in [-0.39, 0.29) is 0 Å². The van der Waals surface area contributed by atoms with Crippen molar-refractivity contribution in [3.8, 4) is 0 Å². The summed E-state index contributed by atoms with van der Waals surface area (Å²) in [5, 5.41) is 2.66. The minimum atomic E-state index is -0.660. The van der Waals surface area contributed by atoms with E-state index in [2.05, 4.69) is 96.4 Å². The lowest BCUT2D eigenvalue weighted by atomic mass is 10.2. The first kappa shape index (κ1) is 22.0. The van der Waals surface area contributed by atoms with Crippen LogP contribution in [0.25, 0.3) is 5.71 Å². The van der Waals surface area contributed by atoms with Crippen molar-refractivity contribution in [1.82, 2.24) is 0 Å². The first-order valence-electron chi connectivity index (χ1n) is 10.8. The topological polar surface area (TPSA) is 43.3 Å². The van der Waals surface area contributed by atoms with Crippen molar-refractivity contribution in [3.63, 3.8) is 0 Å². The maximum absolute atomic E-state index is 6.00. The van der Waals surface area contributed by atoms with Gasteiger partial charge in [0.15, 0.2) is 12.0 Å². The lowest BCUT2D eigenvalue weighted by Crippen LogP contribution is -2.40. The Labute approximate surface area is 190 Å². The Bertz CT molecular complexity index is 1200. The van der Waals surface area contributed by atoms with Gasteiger partial charge in [0.1, 0.15) is 0 Å². The van der Waals surface area contributed by atoms with Gasteiger partial charge in [-0.2, -0.15) is 0 Å². The number of nitrogens with zero attached hydrogens (tertiary/aromatic N) is 1. The summed E-state index contributed by atoms with van der Waals surface area (Å²) in [4.78, 5) is 0. The van der Waals surface area contributed by atoms with Crippen LogP contribution < -0.4 is 26.2 Å². The van der Waals surface area contributed by atoms with E-state index < -0.39 is 7.92 Å². The highest BCUT2D eigenvalue weighted by atomic mass is 31.1. The van der Waals surface area contributed by atoms with Crippen LogP contribution in [0, 0.1) is 6.92 Å². The lowest BCUT2D eigenvalue weighted by molar-refractivity contribution is -0.493. The van der Waals surface area contributed by atoms with Gasteiger partial charge < -0.3 is 10.2 Å². The third-order valence-corrected chi connectivity index (χ3v) is 7.72. The molecular formula is C28H28N2OP+. The van der Waals surface area contributed by atoms with Gasteiger partial charge in [-0.15, -0.1) is 4.40 Å². The van der Waals surface area contributed by atoms with E-state index in [4.69, 9.17) is 10.2 Å². The molecule has 4 heteroatoms. The normalized spacial score (nSPS) is 10.7. The van der Waals surface area contributed by atoms with Gasteiger partial charge in [-0.25, -0.2) is 0 Å². The molecule has 0 aliphatic heterocycles. The van der Waals surface area contributed by atoms with E-state index in [9.17, 15) is 0 Å². The number of nitrogens with two attached hydrogens (primary N) is 1. The van der Waals surface area contributed by atoms with Crippen LogP contribution in [0.2, 0.25) is 0 Å². The van der Waals surface area contributed by atoms with Gasteiger partial charge in [0, 0.05) is 13.0 Å². The van der Waals surface area contributed by atoms with Gasteiger partial charge in [0.25, 0.3) is 5.44 Å². The molecule has 3 nitrogen and oxygen atoms in total. The van der Waals surface area contributed by atoms with Crippen molar-refractivity contribution >= 4 is 29.7 Å². The molecule has 2 heterocycles. The Morgan fingerprint density at radius 1 is 0.719 bits per heavy atom. The van der Waals surface area contributed by atoms with Crippen LogP contribution in [0.4, 0.5) is 0 Å². The lowest BCUT2D eigenvalue weighted by Gasteiger charge is -2.14. The van der Waals surface area contributed by atoms with Crippen molar-refractivity contribution < 1.29 is 8.82 Å². The molecule has 0 saturated heterocycles. The standard InChI is InChI=1S/C20H17NOP.C8H11N/c1-16-20(21-15-9-8-14-19(21)22-16)23(17-10-4-2-5-11-17)18-12-6-3-7-13-18;9-7-6-8-4-2-1-3-5-8/h2-15H,1H3;1-5H,6-7,9H2/q+1;. The minimum Gasteiger partial charge on any atom is -0.402 e. The smallest absolute Gasteiger partial charge is 0.379 e. The minimum absolute atomic E-state index is 0.660.